The molecule has 0 aliphatic heterocycles. The minimum Gasteiger partial charge on any atom is -0.388 e. The molecule has 1 rings (SSSR count). The van der Waals surface area contributed by atoms with Crippen LogP contribution < -0.4 is 5.32 Å². The van der Waals surface area contributed by atoms with Crippen LogP contribution >= 0.6 is 0 Å². The number of nitrogens with zero attached hydrogens (tertiary/aromatic N) is 1. The van der Waals surface area contributed by atoms with Gasteiger partial charge in [-0.05, 0) is 45.9 Å². The second-order valence-corrected chi connectivity index (χ2v) is 5.12. The van der Waals surface area contributed by atoms with Crippen molar-refractivity contribution in [3.05, 3.63) is 29.6 Å². The molecule has 0 fully saturated rings. The number of anilines is 1. The number of benzene rings is 1. The van der Waals surface area contributed by atoms with E-state index < -0.39 is 17.0 Å². The molecular formula is C13H17FN2O. The molecule has 0 bridgehead atoms. The molecule has 4 heteroatoms. The number of nitrogens with one attached hydrogen (secondary N) is 1. The van der Waals surface area contributed by atoms with Crippen molar-refractivity contribution >= 4 is 5.69 Å². The minimum atomic E-state index is -1.01. The highest BCUT2D eigenvalue weighted by Crippen LogP contribution is 2.27. The van der Waals surface area contributed by atoms with E-state index in [4.69, 9.17) is 5.26 Å². The van der Waals surface area contributed by atoms with Crippen LogP contribution in [0.4, 0.5) is 10.1 Å². The van der Waals surface area contributed by atoms with Gasteiger partial charge >= 0.3 is 0 Å². The summed E-state index contributed by atoms with van der Waals surface area (Å²) in [5.41, 5.74) is -1.15. The van der Waals surface area contributed by atoms with Gasteiger partial charge in [0, 0.05) is 0 Å². The van der Waals surface area contributed by atoms with Crippen LogP contribution in [-0.4, -0.2) is 16.2 Å². The highest BCUT2D eigenvalue weighted by Gasteiger charge is 2.35. The third-order valence-electron chi connectivity index (χ3n) is 3.07. The molecular weight excluding hydrogens is 219 g/mol. The number of aliphatic hydroxyl groups is 1. The lowest BCUT2D eigenvalue weighted by Crippen LogP contribution is -2.51. The van der Waals surface area contributed by atoms with Crippen molar-refractivity contribution in [3.63, 3.8) is 0 Å². The summed E-state index contributed by atoms with van der Waals surface area (Å²) >= 11 is 0. The van der Waals surface area contributed by atoms with E-state index in [1.807, 2.05) is 6.07 Å². The van der Waals surface area contributed by atoms with Gasteiger partial charge in [-0.1, -0.05) is 0 Å². The zero-order chi connectivity index (χ0) is 13.3. The maximum absolute atomic E-state index is 13.7. The molecule has 0 spiro atoms. The molecule has 0 aliphatic carbocycles. The summed E-state index contributed by atoms with van der Waals surface area (Å²) in [7, 11) is 0. The van der Waals surface area contributed by atoms with Gasteiger partial charge in [0.05, 0.1) is 28.5 Å². The van der Waals surface area contributed by atoms with Gasteiger partial charge in [-0.15, -0.1) is 0 Å². The summed E-state index contributed by atoms with van der Waals surface area (Å²) in [5.74, 6) is -0.499. The fourth-order valence-corrected chi connectivity index (χ4v) is 1.18. The number of rotatable bonds is 3. The average Bonchev–Trinajstić information content (AvgIpc) is 2.19. The highest BCUT2D eigenvalue weighted by atomic mass is 19.1. The SMILES string of the molecule is CC(C)(O)C(C)(C)Nc1ccc(C#N)cc1F. The number of hydrogen-bond acceptors (Lipinski definition) is 3. The van der Waals surface area contributed by atoms with Crippen molar-refractivity contribution < 1.29 is 9.50 Å². The summed E-state index contributed by atoms with van der Waals surface area (Å²) in [4.78, 5) is 0. The lowest BCUT2D eigenvalue weighted by atomic mass is 9.85. The number of halogens is 1. The summed E-state index contributed by atoms with van der Waals surface area (Å²) in [6.07, 6.45) is 0. The number of hydrogen-bond donors (Lipinski definition) is 2. The first-order valence-corrected chi connectivity index (χ1v) is 5.37. The Morgan fingerprint density at radius 1 is 1.29 bits per heavy atom. The van der Waals surface area contributed by atoms with E-state index in [0.717, 1.165) is 0 Å². The van der Waals surface area contributed by atoms with Crippen molar-refractivity contribution in [3.8, 4) is 6.07 Å². The topological polar surface area (TPSA) is 56.0 Å². The fraction of sp³-hybridized carbons (Fsp3) is 0.462. The Morgan fingerprint density at radius 2 is 1.88 bits per heavy atom. The molecule has 0 saturated heterocycles. The Labute approximate surface area is 101 Å². The third kappa shape index (κ3) is 2.95. The number of nitriles is 1. The Balaban J connectivity index is 3.02. The first-order valence-electron chi connectivity index (χ1n) is 5.37. The van der Waals surface area contributed by atoms with E-state index >= 15 is 0 Å². The summed E-state index contributed by atoms with van der Waals surface area (Å²) in [6.45, 7) is 6.87. The zero-order valence-electron chi connectivity index (χ0n) is 10.5. The van der Waals surface area contributed by atoms with E-state index in [-0.39, 0.29) is 11.3 Å². The second-order valence-electron chi connectivity index (χ2n) is 5.12. The largest absolute Gasteiger partial charge is 0.388 e. The van der Waals surface area contributed by atoms with Gasteiger partial charge in [-0.2, -0.15) is 5.26 Å². The first kappa shape index (κ1) is 13.5. The molecule has 0 unspecified atom stereocenters. The Kier molecular flexibility index (Phi) is 3.44. The second kappa shape index (κ2) is 4.34. The molecule has 0 aromatic heterocycles. The molecule has 92 valence electrons. The molecule has 0 amide bonds. The molecule has 0 radical (unpaired) electrons. The van der Waals surface area contributed by atoms with Gasteiger partial charge in [-0.25, -0.2) is 4.39 Å². The molecule has 2 N–H and O–H groups in total. The molecule has 0 aliphatic rings. The van der Waals surface area contributed by atoms with Crippen LogP contribution in [0.25, 0.3) is 0 Å². The highest BCUT2D eigenvalue weighted by molar-refractivity contribution is 5.50. The van der Waals surface area contributed by atoms with Crippen LogP contribution in [0.3, 0.4) is 0 Å². The lowest BCUT2D eigenvalue weighted by Gasteiger charge is -2.39. The van der Waals surface area contributed by atoms with Crippen molar-refractivity contribution in [1.29, 1.82) is 5.26 Å². The molecule has 0 atom stereocenters. The van der Waals surface area contributed by atoms with Crippen LogP contribution in [0.1, 0.15) is 33.3 Å². The smallest absolute Gasteiger partial charge is 0.147 e. The average molecular weight is 236 g/mol. The van der Waals surface area contributed by atoms with E-state index in [0.29, 0.717) is 0 Å². The lowest BCUT2D eigenvalue weighted by molar-refractivity contribution is 0.0239. The predicted octanol–water partition coefficient (Wildman–Crippen LogP) is 2.66. The molecule has 17 heavy (non-hydrogen) atoms. The Morgan fingerprint density at radius 3 is 2.29 bits per heavy atom. The van der Waals surface area contributed by atoms with E-state index in [1.165, 1.54) is 18.2 Å². The van der Waals surface area contributed by atoms with Gasteiger partial charge in [0.1, 0.15) is 5.82 Å². The summed E-state index contributed by atoms with van der Waals surface area (Å²) < 4.78 is 13.7. The summed E-state index contributed by atoms with van der Waals surface area (Å²) in [6, 6.07) is 6.08. The van der Waals surface area contributed by atoms with Crippen molar-refractivity contribution in [2.75, 3.05) is 5.32 Å². The Bertz CT molecular complexity index is 455. The van der Waals surface area contributed by atoms with E-state index in [1.54, 1.807) is 27.7 Å². The van der Waals surface area contributed by atoms with Gasteiger partial charge in [0.25, 0.3) is 0 Å². The normalized spacial score (nSPS) is 12.1. The van der Waals surface area contributed by atoms with Gasteiger partial charge < -0.3 is 10.4 Å². The van der Waals surface area contributed by atoms with Gasteiger partial charge in [0.2, 0.25) is 0 Å². The third-order valence-corrected chi connectivity index (χ3v) is 3.07. The maximum atomic E-state index is 13.7. The molecule has 3 nitrogen and oxygen atoms in total. The van der Waals surface area contributed by atoms with Crippen molar-refractivity contribution in [1.82, 2.24) is 0 Å². The van der Waals surface area contributed by atoms with Crippen LogP contribution in [0, 0.1) is 17.1 Å². The van der Waals surface area contributed by atoms with Crippen LogP contribution in [0.5, 0.6) is 0 Å². The fourth-order valence-electron chi connectivity index (χ4n) is 1.18. The maximum Gasteiger partial charge on any atom is 0.147 e. The Hall–Kier alpha value is -1.60. The summed E-state index contributed by atoms with van der Waals surface area (Å²) in [5, 5.41) is 21.5. The molecule has 1 aromatic rings. The van der Waals surface area contributed by atoms with E-state index in [9.17, 15) is 9.50 Å². The van der Waals surface area contributed by atoms with E-state index in [2.05, 4.69) is 5.32 Å². The van der Waals surface area contributed by atoms with Crippen LogP contribution in [-0.2, 0) is 0 Å². The standard InChI is InChI=1S/C13H17FN2O/c1-12(2,13(3,4)17)16-11-6-5-9(8-15)7-10(11)14/h5-7,16-17H,1-4H3. The molecule has 1 aromatic carbocycles. The van der Waals surface area contributed by atoms with Crippen LogP contribution in [0.15, 0.2) is 18.2 Å². The van der Waals surface area contributed by atoms with Gasteiger partial charge in [-0.3, -0.25) is 0 Å². The predicted molar refractivity (Wildman–Crippen MR) is 65.1 cm³/mol. The molecule has 0 heterocycles. The van der Waals surface area contributed by atoms with Crippen LogP contribution in [0.2, 0.25) is 0 Å². The van der Waals surface area contributed by atoms with Crippen molar-refractivity contribution in [2.24, 2.45) is 0 Å². The quantitative estimate of drug-likeness (QED) is 0.848. The van der Waals surface area contributed by atoms with Crippen molar-refractivity contribution in [2.45, 2.75) is 38.8 Å². The zero-order valence-corrected chi connectivity index (χ0v) is 10.5. The minimum absolute atomic E-state index is 0.272. The first-order chi connectivity index (χ1) is 7.67. The molecule has 0 saturated carbocycles. The van der Waals surface area contributed by atoms with Gasteiger partial charge in [0.15, 0.2) is 0 Å². The monoisotopic (exact) mass is 236 g/mol.